The Morgan fingerprint density at radius 3 is 2.04 bits per heavy atom. The molecule has 0 aliphatic rings. The SMILES string of the molecule is CCCCC(=O)Oc1cccc(OCC(C)C)c1OC(=O)CCCC. The lowest BCUT2D eigenvalue weighted by atomic mass is 10.2. The largest absolute Gasteiger partial charge is 0.489 e. The summed E-state index contributed by atoms with van der Waals surface area (Å²) in [5, 5.41) is 0. The van der Waals surface area contributed by atoms with Crippen LogP contribution in [0, 0.1) is 5.92 Å². The fourth-order valence-electron chi connectivity index (χ4n) is 2.03. The van der Waals surface area contributed by atoms with Crippen molar-refractivity contribution in [1.29, 1.82) is 0 Å². The first-order valence-corrected chi connectivity index (χ1v) is 9.15. The molecule has 25 heavy (non-hydrogen) atoms. The lowest BCUT2D eigenvalue weighted by Gasteiger charge is -2.16. The van der Waals surface area contributed by atoms with Crippen molar-refractivity contribution in [3.8, 4) is 17.2 Å². The molecule has 140 valence electrons. The van der Waals surface area contributed by atoms with Gasteiger partial charge in [-0.05, 0) is 30.9 Å². The summed E-state index contributed by atoms with van der Waals surface area (Å²) >= 11 is 0. The molecule has 0 unspecified atom stereocenters. The first-order valence-electron chi connectivity index (χ1n) is 9.15. The van der Waals surface area contributed by atoms with E-state index < -0.39 is 0 Å². The van der Waals surface area contributed by atoms with Gasteiger partial charge in [0.25, 0.3) is 0 Å². The molecule has 0 atom stereocenters. The molecule has 0 aliphatic carbocycles. The summed E-state index contributed by atoms with van der Waals surface area (Å²) in [6, 6.07) is 5.06. The quantitative estimate of drug-likeness (QED) is 0.419. The Kier molecular flexibility index (Phi) is 9.66. The van der Waals surface area contributed by atoms with E-state index in [1.165, 1.54) is 0 Å². The molecular weight excluding hydrogens is 320 g/mol. The number of hydrogen-bond donors (Lipinski definition) is 0. The van der Waals surface area contributed by atoms with Gasteiger partial charge in [-0.1, -0.05) is 46.6 Å². The Balaban J connectivity index is 2.97. The Bertz CT molecular complexity index is 551. The molecule has 1 rings (SSSR count). The molecule has 0 aromatic heterocycles. The molecule has 5 nitrogen and oxygen atoms in total. The molecule has 0 radical (unpaired) electrons. The number of unbranched alkanes of at least 4 members (excludes halogenated alkanes) is 2. The minimum Gasteiger partial charge on any atom is -0.489 e. The van der Waals surface area contributed by atoms with Crippen LogP contribution in [-0.4, -0.2) is 18.5 Å². The Labute approximate surface area is 150 Å². The van der Waals surface area contributed by atoms with Crippen LogP contribution in [0.15, 0.2) is 18.2 Å². The molecule has 0 saturated carbocycles. The summed E-state index contributed by atoms with van der Waals surface area (Å²) in [4.78, 5) is 24.0. The van der Waals surface area contributed by atoms with Crippen molar-refractivity contribution in [1.82, 2.24) is 0 Å². The molecule has 0 bridgehead atoms. The molecule has 1 aromatic rings. The number of esters is 2. The minimum absolute atomic E-state index is 0.189. The molecule has 0 saturated heterocycles. The van der Waals surface area contributed by atoms with Crippen LogP contribution in [0.1, 0.15) is 66.2 Å². The molecule has 0 fully saturated rings. The van der Waals surface area contributed by atoms with Crippen molar-refractivity contribution in [3.63, 3.8) is 0 Å². The molecule has 5 heteroatoms. The average Bonchev–Trinajstić information content (AvgIpc) is 2.58. The second-order valence-electron chi connectivity index (χ2n) is 6.44. The van der Waals surface area contributed by atoms with E-state index >= 15 is 0 Å². The van der Waals surface area contributed by atoms with Crippen LogP contribution < -0.4 is 14.2 Å². The summed E-state index contributed by atoms with van der Waals surface area (Å²) in [7, 11) is 0. The fraction of sp³-hybridized carbons (Fsp3) is 0.600. The third-order valence-electron chi connectivity index (χ3n) is 3.42. The standard InChI is InChI=1S/C20H30O5/c1-5-7-12-18(21)24-17-11-9-10-16(23-14-15(3)4)20(17)25-19(22)13-8-6-2/h9-11,15H,5-8,12-14H2,1-4H3. The van der Waals surface area contributed by atoms with Crippen LogP contribution >= 0.6 is 0 Å². The smallest absolute Gasteiger partial charge is 0.311 e. The summed E-state index contributed by atoms with van der Waals surface area (Å²) in [5.74, 6) is 0.460. The zero-order valence-corrected chi connectivity index (χ0v) is 15.8. The van der Waals surface area contributed by atoms with Gasteiger partial charge in [-0.3, -0.25) is 9.59 Å². The van der Waals surface area contributed by atoms with Gasteiger partial charge in [0.15, 0.2) is 11.5 Å². The van der Waals surface area contributed by atoms with Gasteiger partial charge in [0, 0.05) is 12.8 Å². The molecule has 0 aliphatic heterocycles. The van der Waals surface area contributed by atoms with E-state index in [1.54, 1.807) is 18.2 Å². The van der Waals surface area contributed by atoms with Crippen LogP contribution in [0.5, 0.6) is 17.2 Å². The van der Waals surface area contributed by atoms with Gasteiger partial charge in [0.05, 0.1) is 6.61 Å². The molecule has 0 heterocycles. The van der Waals surface area contributed by atoms with E-state index in [0.717, 1.165) is 25.7 Å². The highest BCUT2D eigenvalue weighted by atomic mass is 16.6. The second-order valence-corrected chi connectivity index (χ2v) is 6.44. The molecule has 0 amide bonds. The van der Waals surface area contributed by atoms with Crippen molar-refractivity contribution in [2.24, 2.45) is 5.92 Å². The highest BCUT2D eigenvalue weighted by molar-refractivity contribution is 5.77. The van der Waals surface area contributed by atoms with Gasteiger partial charge >= 0.3 is 11.9 Å². The molecular formula is C20H30O5. The number of benzene rings is 1. The molecule has 0 spiro atoms. The monoisotopic (exact) mass is 350 g/mol. The second kappa shape index (κ2) is 11.5. The van der Waals surface area contributed by atoms with Crippen LogP contribution in [0.2, 0.25) is 0 Å². The number of para-hydroxylation sites is 1. The maximum Gasteiger partial charge on any atom is 0.311 e. The zero-order valence-electron chi connectivity index (χ0n) is 15.8. The van der Waals surface area contributed by atoms with Crippen molar-refractivity contribution >= 4 is 11.9 Å². The average molecular weight is 350 g/mol. The minimum atomic E-state index is -0.353. The van der Waals surface area contributed by atoms with Crippen molar-refractivity contribution < 1.29 is 23.8 Å². The summed E-state index contributed by atoms with van der Waals surface area (Å²) in [6.45, 7) is 8.55. The fourth-order valence-corrected chi connectivity index (χ4v) is 2.03. The predicted molar refractivity (Wildman–Crippen MR) is 97.1 cm³/mol. The summed E-state index contributed by atoms with van der Waals surface area (Å²) < 4.78 is 16.6. The first kappa shape index (κ1) is 21.0. The highest BCUT2D eigenvalue weighted by Crippen LogP contribution is 2.38. The van der Waals surface area contributed by atoms with E-state index in [2.05, 4.69) is 0 Å². The Hall–Kier alpha value is -2.04. The predicted octanol–water partition coefficient (Wildman–Crippen LogP) is 4.91. The lowest BCUT2D eigenvalue weighted by molar-refractivity contribution is -0.137. The van der Waals surface area contributed by atoms with Crippen LogP contribution in [0.25, 0.3) is 0 Å². The molecule has 1 aromatic carbocycles. The van der Waals surface area contributed by atoms with E-state index in [0.29, 0.717) is 31.1 Å². The van der Waals surface area contributed by atoms with Crippen molar-refractivity contribution in [2.75, 3.05) is 6.61 Å². The topological polar surface area (TPSA) is 61.8 Å². The Morgan fingerprint density at radius 1 is 0.920 bits per heavy atom. The van der Waals surface area contributed by atoms with Crippen molar-refractivity contribution in [2.45, 2.75) is 66.2 Å². The number of carbonyl (C=O) groups is 2. The van der Waals surface area contributed by atoms with Gasteiger partial charge in [-0.2, -0.15) is 0 Å². The van der Waals surface area contributed by atoms with Crippen LogP contribution in [0.3, 0.4) is 0 Å². The summed E-state index contributed by atoms with van der Waals surface area (Å²) in [6.07, 6.45) is 3.97. The van der Waals surface area contributed by atoms with Gasteiger partial charge in [0.2, 0.25) is 5.75 Å². The van der Waals surface area contributed by atoms with Gasteiger partial charge in [0.1, 0.15) is 0 Å². The third kappa shape index (κ3) is 8.05. The number of ether oxygens (including phenoxy) is 3. The summed E-state index contributed by atoms with van der Waals surface area (Å²) in [5.41, 5.74) is 0. The van der Waals surface area contributed by atoms with Gasteiger partial charge in [-0.25, -0.2) is 0 Å². The van der Waals surface area contributed by atoms with Crippen LogP contribution in [0.4, 0.5) is 0 Å². The third-order valence-corrected chi connectivity index (χ3v) is 3.42. The lowest BCUT2D eigenvalue weighted by Crippen LogP contribution is -2.14. The van der Waals surface area contributed by atoms with Crippen molar-refractivity contribution in [3.05, 3.63) is 18.2 Å². The number of carbonyl (C=O) groups excluding carboxylic acids is 2. The first-order chi connectivity index (χ1) is 12.0. The molecule has 0 N–H and O–H groups in total. The van der Waals surface area contributed by atoms with E-state index in [4.69, 9.17) is 14.2 Å². The normalized spacial score (nSPS) is 10.6. The van der Waals surface area contributed by atoms with E-state index in [1.807, 2.05) is 27.7 Å². The number of hydrogen-bond acceptors (Lipinski definition) is 5. The Morgan fingerprint density at radius 2 is 1.48 bits per heavy atom. The van der Waals surface area contributed by atoms with Gasteiger partial charge < -0.3 is 14.2 Å². The number of rotatable bonds is 11. The van der Waals surface area contributed by atoms with E-state index in [-0.39, 0.29) is 23.4 Å². The van der Waals surface area contributed by atoms with Gasteiger partial charge in [-0.15, -0.1) is 0 Å². The highest BCUT2D eigenvalue weighted by Gasteiger charge is 2.19. The maximum atomic E-state index is 12.1. The zero-order chi connectivity index (χ0) is 18.7. The van der Waals surface area contributed by atoms with Crippen LogP contribution in [-0.2, 0) is 9.59 Å². The maximum absolute atomic E-state index is 12.1. The van der Waals surface area contributed by atoms with E-state index in [9.17, 15) is 9.59 Å².